The van der Waals surface area contributed by atoms with Gasteiger partial charge in [-0.25, -0.2) is 4.39 Å². The first-order valence-corrected chi connectivity index (χ1v) is 8.12. The van der Waals surface area contributed by atoms with E-state index in [2.05, 4.69) is 4.98 Å². The molecular formula is C19H24FN3O. The summed E-state index contributed by atoms with van der Waals surface area (Å²) in [5.74, 6) is -0.290. The van der Waals surface area contributed by atoms with Crippen LogP contribution >= 0.6 is 0 Å². The normalized spacial score (nSPS) is 12.2. The van der Waals surface area contributed by atoms with Crippen molar-refractivity contribution in [3.8, 4) is 0 Å². The molecule has 1 atom stereocenters. The van der Waals surface area contributed by atoms with E-state index in [-0.39, 0.29) is 11.7 Å². The van der Waals surface area contributed by atoms with Crippen molar-refractivity contribution in [2.75, 3.05) is 20.6 Å². The van der Waals surface area contributed by atoms with Gasteiger partial charge in [0.1, 0.15) is 11.9 Å². The zero-order valence-electron chi connectivity index (χ0n) is 14.4. The van der Waals surface area contributed by atoms with Crippen molar-refractivity contribution in [1.82, 2.24) is 14.8 Å². The Labute approximate surface area is 142 Å². The van der Waals surface area contributed by atoms with Gasteiger partial charge in [-0.15, -0.1) is 0 Å². The lowest BCUT2D eigenvalue weighted by molar-refractivity contribution is -0.137. The summed E-state index contributed by atoms with van der Waals surface area (Å²) in [6, 6.07) is 9.53. The number of likely N-dealkylation sites (N-methyl/N-ethyl adjacent to an activating group) is 1. The molecule has 2 aromatic rings. The second-order valence-corrected chi connectivity index (χ2v) is 6.04. The third kappa shape index (κ3) is 4.61. The molecule has 2 rings (SSSR count). The van der Waals surface area contributed by atoms with Crippen LogP contribution in [0.15, 0.2) is 48.8 Å². The predicted molar refractivity (Wildman–Crippen MR) is 92.8 cm³/mol. The molecule has 0 aliphatic rings. The van der Waals surface area contributed by atoms with Crippen molar-refractivity contribution in [1.29, 1.82) is 0 Å². The first-order valence-electron chi connectivity index (χ1n) is 8.12. The summed E-state index contributed by atoms with van der Waals surface area (Å²) in [5.41, 5.74) is 1.79. The minimum Gasteiger partial charge on any atom is -0.337 e. The second-order valence-electron chi connectivity index (χ2n) is 6.04. The number of hydrogen-bond donors (Lipinski definition) is 0. The average Bonchev–Trinajstić information content (AvgIpc) is 2.57. The summed E-state index contributed by atoms with van der Waals surface area (Å²) in [6.07, 6.45) is 4.37. The lowest BCUT2D eigenvalue weighted by atomic mass is 10.0. The number of benzene rings is 1. The Morgan fingerprint density at radius 2 is 1.92 bits per heavy atom. The third-order valence-electron chi connectivity index (χ3n) is 3.84. The highest BCUT2D eigenvalue weighted by Crippen LogP contribution is 2.22. The Balaban J connectivity index is 2.25. The molecule has 0 saturated carbocycles. The average molecular weight is 329 g/mol. The highest BCUT2D eigenvalue weighted by atomic mass is 19.1. The highest BCUT2D eigenvalue weighted by molar-refractivity contribution is 5.83. The van der Waals surface area contributed by atoms with Gasteiger partial charge >= 0.3 is 0 Å². The van der Waals surface area contributed by atoms with E-state index in [1.165, 1.54) is 12.1 Å². The van der Waals surface area contributed by atoms with E-state index in [4.69, 9.17) is 0 Å². The molecule has 0 saturated heterocycles. The summed E-state index contributed by atoms with van der Waals surface area (Å²) in [4.78, 5) is 21.0. The van der Waals surface area contributed by atoms with Crippen LogP contribution in [0.3, 0.4) is 0 Å². The van der Waals surface area contributed by atoms with Crippen LogP contribution in [0, 0.1) is 5.82 Å². The molecule has 0 N–H and O–H groups in total. The number of carbonyl (C=O) groups is 1. The maximum absolute atomic E-state index is 13.2. The van der Waals surface area contributed by atoms with Gasteiger partial charge in [-0.2, -0.15) is 0 Å². The van der Waals surface area contributed by atoms with Gasteiger partial charge < -0.3 is 4.90 Å². The smallest absolute Gasteiger partial charge is 0.244 e. The fourth-order valence-electron chi connectivity index (χ4n) is 2.73. The van der Waals surface area contributed by atoms with Gasteiger partial charge in [-0.3, -0.25) is 14.7 Å². The monoisotopic (exact) mass is 329 g/mol. The first-order chi connectivity index (χ1) is 11.5. The van der Waals surface area contributed by atoms with Crippen molar-refractivity contribution in [2.24, 2.45) is 0 Å². The Morgan fingerprint density at radius 3 is 2.46 bits per heavy atom. The number of halogens is 1. The number of carbonyl (C=O) groups excluding carboxylic acids is 1. The molecule has 1 heterocycles. The van der Waals surface area contributed by atoms with Crippen LogP contribution in [0.5, 0.6) is 0 Å². The molecule has 4 nitrogen and oxygen atoms in total. The van der Waals surface area contributed by atoms with Gasteiger partial charge in [-0.1, -0.05) is 25.1 Å². The lowest BCUT2D eigenvalue weighted by Gasteiger charge is -2.31. The lowest BCUT2D eigenvalue weighted by Crippen LogP contribution is -2.40. The Hall–Kier alpha value is -2.27. The van der Waals surface area contributed by atoms with E-state index >= 15 is 0 Å². The summed E-state index contributed by atoms with van der Waals surface area (Å²) in [5, 5.41) is 0. The van der Waals surface area contributed by atoms with Crippen LogP contribution in [-0.4, -0.2) is 41.3 Å². The van der Waals surface area contributed by atoms with E-state index in [0.29, 0.717) is 13.1 Å². The Kier molecular flexibility index (Phi) is 6.44. The maximum Gasteiger partial charge on any atom is 0.244 e. The van der Waals surface area contributed by atoms with Gasteiger partial charge in [0.15, 0.2) is 0 Å². The van der Waals surface area contributed by atoms with Crippen LogP contribution in [0.4, 0.5) is 4.39 Å². The summed E-state index contributed by atoms with van der Waals surface area (Å²) < 4.78 is 13.2. The van der Waals surface area contributed by atoms with Crippen LogP contribution in [0.2, 0.25) is 0 Å². The molecule has 128 valence electrons. The first kappa shape index (κ1) is 18.1. The molecular weight excluding hydrogens is 305 g/mol. The zero-order valence-corrected chi connectivity index (χ0v) is 14.4. The van der Waals surface area contributed by atoms with Gasteiger partial charge in [0.2, 0.25) is 5.91 Å². The minimum absolute atomic E-state index is 0.0114. The summed E-state index contributed by atoms with van der Waals surface area (Å²) in [6.45, 7) is 3.23. The number of rotatable bonds is 7. The van der Waals surface area contributed by atoms with Crippen LogP contribution < -0.4 is 0 Å². The number of aromatic nitrogens is 1. The SMILES string of the molecule is CCCN(Cc1cccnc1)C(=O)[C@@H](c1ccc(F)cc1)N(C)C. The van der Waals surface area contributed by atoms with Crippen LogP contribution in [0.25, 0.3) is 0 Å². The third-order valence-corrected chi connectivity index (χ3v) is 3.84. The molecule has 0 aliphatic heterocycles. The van der Waals surface area contributed by atoms with Gasteiger partial charge in [0.25, 0.3) is 0 Å². The summed E-state index contributed by atoms with van der Waals surface area (Å²) >= 11 is 0. The van der Waals surface area contributed by atoms with Gasteiger partial charge in [-0.05, 0) is 49.8 Å². The summed E-state index contributed by atoms with van der Waals surface area (Å²) in [7, 11) is 3.72. The van der Waals surface area contributed by atoms with E-state index in [0.717, 1.165) is 17.5 Å². The number of nitrogens with zero attached hydrogens (tertiary/aromatic N) is 3. The topological polar surface area (TPSA) is 36.4 Å². The molecule has 1 aromatic heterocycles. The van der Waals surface area contributed by atoms with Gasteiger partial charge in [0, 0.05) is 25.5 Å². The van der Waals surface area contributed by atoms with Crippen molar-refractivity contribution < 1.29 is 9.18 Å². The van der Waals surface area contributed by atoms with Crippen molar-refractivity contribution >= 4 is 5.91 Å². The van der Waals surface area contributed by atoms with Crippen LogP contribution in [-0.2, 0) is 11.3 Å². The van der Waals surface area contributed by atoms with Crippen molar-refractivity contribution in [3.05, 3.63) is 65.7 Å². The quantitative estimate of drug-likeness (QED) is 0.782. The fourth-order valence-corrected chi connectivity index (χ4v) is 2.73. The Bertz CT molecular complexity index is 643. The molecule has 5 heteroatoms. The Morgan fingerprint density at radius 1 is 1.21 bits per heavy atom. The number of amides is 1. The van der Waals surface area contributed by atoms with E-state index in [1.807, 2.05) is 43.0 Å². The van der Waals surface area contributed by atoms with Crippen molar-refractivity contribution in [3.63, 3.8) is 0 Å². The molecule has 0 spiro atoms. The molecule has 1 amide bonds. The maximum atomic E-state index is 13.2. The van der Waals surface area contributed by atoms with E-state index in [1.54, 1.807) is 24.5 Å². The van der Waals surface area contributed by atoms with E-state index < -0.39 is 6.04 Å². The fraction of sp³-hybridized carbons (Fsp3) is 0.368. The van der Waals surface area contributed by atoms with Crippen LogP contribution in [0.1, 0.15) is 30.5 Å². The van der Waals surface area contributed by atoms with E-state index in [9.17, 15) is 9.18 Å². The predicted octanol–water partition coefficient (Wildman–Crippen LogP) is 3.26. The molecule has 0 aliphatic carbocycles. The molecule has 24 heavy (non-hydrogen) atoms. The minimum atomic E-state index is -0.436. The largest absolute Gasteiger partial charge is 0.337 e. The molecule has 0 unspecified atom stereocenters. The molecule has 0 radical (unpaired) electrons. The molecule has 0 fully saturated rings. The number of hydrogen-bond acceptors (Lipinski definition) is 3. The zero-order chi connectivity index (χ0) is 17.5. The molecule has 0 bridgehead atoms. The van der Waals surface area contributed by atoms with Gasteiger partial charge in [0.05, 0.1) is 0 Å². The standard InChI is InChI=1S/C19H24FN3O/c1-4-12-23(14-15-6-5-11-21-13-15)19(24)18(22(2)3)16-7-9-17(20)10-8-16/h5-11,13,18H,4,12,14H2,1-3H3/t18-/m1/s1. The molecule has 1 aromatic carbocycles. The highest BCUT2D eigenvalue weighted by Gasteiger charge is 2.27. The van der Waals surface area contributed by atoms with Crippen molar-refractivity contribution in [2.45, 2.75) is 25.9 Å². The second kappa shape index (κ2) is 8.55. The number of pyridine rings is 1.